The van der Waals surface area contributed by atoms with Crippen LogP contribution in [0.5, 0.6) is 0 Å². The van der Waals surface area contributed by atoms with Crippen molar-refractivity contribution in [3.63, 3.8) is 0 Å². The highest BCUT2D eigenvalue weighted by molar-refractivity contribution is 5.75. The van der Waals surface area contributed by atoms with Gasteiger partial charge in [0.25, 0.3) is 0 Å². The van der Waals surface area contributed by atoms with Gasteiger partial charge in [0.1, 0.15) is 6.10 Å². The summed E-state index contributed by atoms with van der Waals surface area (Å²) in [6.45, 7) is 2.11. The molecule has 0 spiro atoms. The quantitative estimate of drug-likeness (QED) is 0.300. The number of aliphatic hydroxyl groups is 3. The molecule has 0 saturated heterocycles. The number of ether oxygens (including phenoxy) is 1. The Morgan fingerprint density at radius 3 is 2.38 bits per heavy atom. The van der Waals surface area contributed by atoms with Gasteiger partial charge in [0.15, 0.2) is 0 Å². The van der Waals surface area contributed by atoms with Crippen LogP contribution in [0.25, 0.3) is 17.2 Å². The second-order valence-electron chi connectivity index (χ2n) is 8.11. The maximum Gasteiger partial charge on any atom is 0.305 e. The van der Waals surface area contributed by atoms with Gasteiger partial charge in [-0.15, -0.1) is 0 Å². The van der Waals surface area contributed by atoms with Crippen LogP contribution in [0.1, 0.15) is 69.1 Å². The van der Waals surface area contributed by atoms with Crippen molar-refractivity contribution in [3.8, 4) is 11.1 Å². The van der Waals surface area contributed by atoms with E-state index in [9.17, 15) is 20.1 Å². The molecular formula is C27H36O5. The van der Waals surface area contributed by atoms with E-state index in [-0.39, 0.29) is 5.97 Å². The summed E-state index contributed by atoms with van der Waals surface area (Å²) < 4.78 is 4.62. The lowest BCUT2D eigenvalue weighted by Crippen LogP contribution is -2.18. The van der Waals surface area contributed by atoms with Crippen molar-refractivity contribution >= 4 is 12.0 Å². The first-order chi connectivity index (χ1) is 15.5. The molecule has 0 aromatic heterocycles. The van der Waals surface area contributed by atoms with Gasteiger partial charge in [-0.05, 0) is 41.5 Å². The van der Waals surface area contributed by atoms with Gasteiger partial charge in [0, 0.05) is 6.42 Å². The number of hydrogen-bond acceptors (Lipinski definition) is 5. The molecule has 0 heterocycles. The molecule has 32 heavy (non-hydrogen) atoms. The number of carbonyl (C=O) groups excluding carboxylic acids is 1. The summed E-state index contributed by atoms with van der Waals surface area (Å²) in [5.74, 6) is -0.270. The Bertz CT molecular complexity index is 843. The Balaban J connectivity index is 2.04. The van der Waals surface area contributed by atoms with E-state index in [1.165, 1.54) is 7.11 Å². The molecule has 5 nitrogen and oxygen atoms in total. The van der Waals surface area contributed by atoms with Crippen molar-refractivity contribution in [3.05, 3.63) is 65.7 Å². The van der Waals surface area contributed by atoms with Crippen molar-refractivity contribution in [1.29, 1.82) is 0 Å². The number of hydrogen-bond donors (Lipinski definition) is 3. The normalized spacial score (nSPS) is 14.3. The van der Waals surface area contributed by atoms with Crippen LogP contribution < -0.4 is 0 Å². The number of esters is 1. The highest BCUT2D eigenvalue weighted by Crippen LogP contribution is 2.28. The van der Waals surface area contributed by atoms with Crippen LogP contribution in [0.15, 0.2) is 54.6 Å². The van der Waals surface area contributed by atoms with Crippen molar-refractivity contribution in [2.24, 2.45) is 0 Å². The van der Waals surface area contributed by atoms with Crippen LogP contribution >= 0.6 is 0 Å². The van der Waals surface area contributed by atoms with Gasteiger partial charge in [-0.1, -0.05) is 86.9 Å². The highest BCUT2D eigenvalue weighted by atomic mass is 16.5. The minimum absolute atomic E-state index is 0.270. The molecule has 0 aliphatic rings. The predicted molar refractivity (Wildman–Crippen MR) is 128 cm³/mol. The van der Waals surface area contributed by atoms with Crippen LogP contribution in [-0.4, -0.2) is 40.6 Å². The third-order valence-electron chi connectivity index (χ3n) is 5.60. The first-order valence-corrected chi connectivity index (χ1v) is 11.4. The summed E-state index contributed by atoms with van der Waals surface area (Å²) in [5, 5.41) is 30.9. The molecule has 0 aliphatic heterocycles. The number of methoxy groups -OCH3 is 1. The van der Waals surface area contributed by atoms with Gasteiger partial charge in [-0.25, -0.2) is 0 Å². The smallest absolute Gasteiger partial charge is 0.305 e. The molecule has 2 aromatic carbocycles. The molecular weight excluding hydrogens is 404 g/mol. The first kappa shape index (κ1) is 25.8. The fourth-order valence-electron chi connectivity index (χ4n) is 3.62. The summed E-state index contributed by atoms with van der Waals surface area (Å²) in [7, 11) is 1.36. The number of rotatable bonds is 13. The van der Waals surface area contributed by atoms with E-state index in [2.05, 4.69) is 11.7 Å². The lowest BCUT2D eigenvalue weighted by atomic mass is 9.95. The average molecular weight is 441 g/mol. The molecule has 0 amide bonds. The molecule has 2 aromatic rings. The SMILES string of the molecule is CCCCC[C@@H](O)[C@H](O)c1ccc(-c2ccccc2C=C[C@@H](O)CCCC(=O)OC)cc1. The predicted octanol–water partition coefficient (Wildman–Crippen LogP) is 5.05. The summed E-state index contributed by atoms with van der Waals surface area (Å²) in [4.78, 5) is 11.2. The minimum Gasteiger partial charge on any atom is -0.469 e. The van der Waals surface area contributed by atoms with E-state index in [0.29, 0.717) is 31.2 Å². The zero-order valence-corrected chi connectivity index (χ0v) is 19.1. The third kappa shape index (κ3) is 8.23. The zero-order chi connectivity index (χ0) is 23.3. The van der Waals surface area contributed by atoms with Crippen molar-refractivity contribution in [2.75, 3.05) is 7.11 Å². The number of carbonyl (C=O) groups is 1. The third-order valence-corrected chi connectivity index (χ3v) is 5.60. The van der Waals surface area contributed by atoms with Gasteiger partial charge in [0.2, 0.25) is 0 Å². The van der Waals surface area contributed by atoms with Gasteiger partial charge in [0.05, 0.1) is 19.3 Å². The maximum absolute atomic E-state index is 11.2. The van der Waals surface area contributed by atoms with Crippen molar-refractivity contribution in [2.45, 2.75) is 70.2 Å². The first-order valence-electron chi connectivity index (χ1n) is 11.4. The van der Waals surface area contributed by atoms with E-state index < -0.39 is 18.3 Å². The highest BCUT2D eigenvalue weighted by Gasteiger charge is 2.18. The van der Waals surface area contributed by atoms with Crippen LogP contribution in [-0.2, 0) is 9.53 Å². The topological polar surface area (TPSA) is 87.0 Å². The Morgan fingerprint density at radius 1 is 0.969 bits per heavy atom. The number of aliphatic hydroxyl groups excluding tert-OH is 3. The fraction of sp³-hybridized carbons (Fsp3) is 0.444. The summed E-state index contributed by atoms with van der Waals surface area (Å²) >= 11 is 0. The minimum atomic E-state index is -0.892. The van der Waals surface area contributed by atoms with E-state index in [0.717, 1.165) is 36.0 Å². The largest absolute Gasteiger partial charge is 0.469 e. The molecule has 2 rings (SSSR count). The summed E-state index contributed by atoms with van der Waals surface area (Å²) in [5.41, 5.74) is 3.66. The molecule has 5 heteroatoms. The molecule has 0 saturated carbocycles. The molecule has 0 radical (unpaired) electrons. The number of unbranched alkanes of at least 4 members (excludes halogenated alkanes) is 2. The van der Waals surface area contributed by atoms with E-state index in [4.69, 9.17) is 0 Å². The van der Waals surface area contributed by atoms with Gasteiger partial charge >= 0.3 is 5.97 Å². The van der Waals surface area contributed by atoms with E-state index in [1.54, 1.807) is 6.08 Å². The van der Waals surface area contributed by atoms with E-state index >= 15 is 0 Å². The van der Waals surface area contributed by atoms with Crippen LogP contribution in [0.2, 0.25) is 0 Å². The Labute approximate surface area is 191 Å². The molecule has 0 fully saturated rings. The monoisotopic (exact) mass is 440 g/mol. The fourth-order valence-corrected chi connectivity index (χ4v) is 3.62. The standard InChI is InChI=1S/C27H36O5/c1-3-4-5-12-25(29)27(31)22-16-14-21(15-17-22)24-11-7-6-9-20(24)18-19-23(28)10-8-13-26(30)32-2/h6-7,9,11,14-19,23,25,27-29,31H,3-5,8,10,12-13H2,1-2H3/t23-,25+,27+/m0/s1. The van der Waals surface area contributed by atoms with Crippen molar-refractivity contribution in [1.82, 2.24) is 0 Å². The zero-order valence-electron chi connectivity index (χ0n) is 19.1. The Morgan fingerprint density at radius 2 is 1.69 bits per heavy atom. The van der Waals surface area contributed by atoms with Crippen molar-refractivity contribution < 1.29 is 24.9 Å². The van der Waals surface area contributed by atoms with Crippen LogP contribution in [0, 0.1) is 0 Å². The Hall–Kier alpha value is -2.47. The van der Waals surface area contributed by atoms with Gasteiger partial charge < -0.3 is 20.1 Å². The lowest BCUT2D eigenvalue weighted by Gasteiger charge is -2.18. The molecule has 0 aliphatic carbocycles. The average Bonchev–Trinajstić information content (AvgIpc) is 2.82. The van der Waals surface area contributed by atoms with Gasteiger partial charge in [-0.3, -0.25) is 4.79 Å². The second-order valence-corrected chi connectivity index (χ2v) is 8.11. The maximum atomic E-state index is 11.2. The van der Waals surface area contributed by atoms with Gasteiger partial charge in [-0.2, -0.15) is 0 Å². The molecule has 0 unspecified atom stereocenters. The van der Waals surface area contributed by atoms with E-state index in [1.807, 2.05) is 54.6 Å². The Kier molecular flexibility index (Phi) is 11.2. The van der Waals surface area contributed by atoms with Crippen LogP contribution in [0.3, 0.4) is 0 Å². The summed E-state index contributed by atoms with van der Waals surface area (Å²) in [6, 6.07) is 15.5. The summed E-state index contributed by atoms with van der Waals surface area (Å²) in [6.07, 6.45) is 6.30. The molecule has 174 valence electrons. The van der Waals surface area contributed by atoms with Crippen LogP contribution in [0.4, 0.5) is 0 Å². The molecule has 3 atom stereocenters. The molecule has 3 N–H and O–H groups in total. The number of benzene rings is 2. The molecule has 0 bridgehead atoms. The second kappa shape index (κ2) is 13.8. The lowest BCUT2D eigenvalue weighted by molar-refractivity contribution is -0.140.